The molecule has 2 saturated heterocycles. The number of carbonyl (C=O) groups excluding carboxylic acids is 4. The molecule has 0 radical (unpaired) electrons. The van der Waals surface area contributed by atoms with Crippen LogP contribution in [0, 0.1) is 0 Å². The van der Waals surface area contributed by atoms with E-state index in [-0.39, 0.29) is 37.1 Å². The second-order valence-electron chi connectivity index (χ2n) is 19.0. The summed E-state index contributed by atoms with van der Waals surface area (Å²) in [5.74, 6) is 2.96. The molecule has 1 saturated carbocycles. The Morgan fingerprint density at radius 1 is 0.634 bits per heavy atom. The van der Waals surface area contributed by atoms with Gasteiger partial charge in [-0.3, -0.25) is 9.59 Å². The number of imidazole rings is 2. The van der Waals surface area contributed by atoms with Gasteiger partial charge < -0.3 is 49.3 Å². The Bertz CT molecular complexity index is 2910. The van der Waals surface area contributed by atoms with Crippen LogP contribution < -0.4 is 20.1 Å². The fourth-order valence-electron chi connectivity index (χ4n) is 11.3. The number of rotatable bonds is 13. The van der Waals surface area contributed by atoms with Crippen molar-refractivity contribution in [3.05, 3.63) is 131 Å². The van der Waals surface area contributed by atoms with E-state index in [9.17, 15) is 19.2 Å². The van der Waals surface area contributed by atoms with E-state index in [1.54, 1.807) is 31.1 Å². The second kappa shape index (κ2) is 19.6. The van der Waals surface area contributed by atoms with Crippen molar-refractivity contribution < 1.29 is 38.1 Å². The smallest absolute Gasteiger partial charge is 0.408 e. The molecule has 4 aromatic carbocycles. The molecule has 0 bridgehead atoms. The molecule has 6 heterocycles. The summed E-state index contributed by atoms with van der Waals surface area (Å²) in [7, 11) is 0. The molecule has 5 aliphatic rings. The van der Waals surface area contributed by atoms with Gasteiger partial charge in [0.25, 0.3) is 11.8 Å². The van der Waals surface area contributed by atoms with Crippen LogP contribution in [-0.4, -0.2) is 80.0 Å². The van der Waals surface area contributed by atoms with Crippen molar-refractivity contribution in [1.82, 2.24) is 40.4 Å². The van der Waals surface area contributed by atoms with Crippen LogP contribution in [0.4, 0.5) is 9.59 Å². The van der Waals surface area contributed by atoms with Gasteiger partial charge in [-0.15, -0.1) is 0 Å². The molecule has 4 amide bonds. The average molecular weight is 959 g/mol. The number of benzene rings is 4. The van der Waals surface area contributed by atoms with Crippen LogP contribution in [0.3, 0.4) is 0 Å². The van der Waals surface area contributed by atoms with Crippen LogP contribution >= 0.6 is 0 Å². The number of H-pyrrole nitrogens is 2. The topological polar surface area (TPSA) is 193 Å². The van der Waals surface area contributed by atoms with E-state index in [0.717, 1.165) is 87.5 Å². The lowest BCUT2D eigenvalue weighted by Gasteiger charge is -2.30. The van der Waals surface area contributed by atoms with Gasteiger partial charge >= 0.3 is 12.2 Å². The maximum Gasteiger partial charge on any atom is 0.408 e. The maximum atomic E-state index is 14.5. The Morgan fingerprint density at radius 2 is 1.11 bits per heavy atom. The van der Waals surface area contributed by atoms with Crippen LogP contribution in [0.1, 0.15) is 135 Å². The predicted octanol–water partition coefficient (Wildman–Crippen LogP) is 9.88. The van der Waals surface area contributed by atoms with Crippen LogP contribution in [0.15, 0.2) is 91.3 Å². The zero-order valence-electron chi connectivity index (χ0n) is 40.0. The minimum atomic E-state index is -0.908. The fraction of sp³-hybridized carbons (Fsp3) is 0.382. The number of aromatic nitrogens is 4. The molecule has 0 unspecified atom stereocenters. The highest BCUT2D eigenvalue weighted by Gasteiger charge is 2.39. The number of carbonyl (C=O) groups is 4. The zero-order valence-corrected chi connectivity index (χ0v) is 40.0. The Morgan fingerprint density at radius 3 is 1.59 bits per heavy atom. The molecular formula is C55H58N8O8. The minimum Gasteiger partial charge on any atom is -0.488 e. The van der Waals surface area contributed by atoms with Gasteiger partial charge in [0, 0.05) is 46.5 Å². The van der Waals surface area contributed by atoms with E-state index in [0.29, 0.717) is 49.4 Å². The minimum absolute atomic E-state index is 0.192. The molecule has 4 aliphatic heterocycles. The van der Waals surface area contributed by atoms with Gasteiger partial charge in [0.2, 0.25) is 0 Å². The molecule has 6 aromatic rings. The first-order chi connectivity index (χ1) is 34.7. The van der Waals surface area contributed by atoms with E-state index >= 15 is 0 Å². The molecule has 366 valence electrons. The quantitative estimate of drug-likeness (QED) is 0.0866. The molecule has 0 spiro atoms. The molecule has 11 rings (SSSR count). The Hall–Kier alpha value is -7.62. The molecule has 1 aliphatic carbocycles. The number of hydrogen-bond acceptors (Lipinski definition) is 10. The van der Waals surface area contributed by atoms with Gasteiger partial charge in [0.1, 0.15) is 48.4 Å². The lowest BCUT2D eigenvalue weighted by Crippen LogP contribution is -2.43. The van der Waals surface area contributed by atoms with E-state index in [1.807, 2.05) is 59.5 Å². The summed E-state index contributed by atoms with van der Waals surface area (Å²) in [6.07, 6.45) is 10.2. The lowest BCUT2D eigenvalue weighted by atomic mass is 9.87. The molecule has 2 aromatic heterocycles. The number of hydrogen-bond donors (Lipinski definition) is 4. The Balaban J connectivity index is 0.810. The summed E-state index contributed by atoms with van der Waals surface area (Å²) in [6, 6.07) is 23.2. The van der Waals surface area contributed by atoms with Gasteiger partial charge in [-0.25, -0.2) is 19.6 Å². The third-order valence-electron chi connectivity index (χ3n) is 14.7. The van der Waals surface area contributed by atoms with Crippen molar-refractivity contribution in [2.24, 2.45) is 0 Å². The first kappa shape index (κ1) is 45.8. The van der Waals surface area contributed by atoms with E-state index in [1.165, 1.54) is 31.2 Å². The summed E-state index contributed by atoms with van der Waals surface area (Å²) in [5, 5.41) is 5.64. The number of aromatic amines is 2. The van der Waals surface area contributed by atoms with Crippen molar-refractivity contribution in [3.8, 4) is 45.1 Å². The number of amides is 4. The van der Waals surface area contributed by atoms with E-state index in [2.05, 4.69) is 44.9 Å². The van der Waals surface area contributed by atoms with Crippen LogP contribution in [0.25, 0.3) is 33.6 Å². The highest BCUT2D eigenvalue weighted by Crippen LogP contribution is 2.51. The molecule has 16 nitrogen and oxygen atoms in total. The van der Waals surface area contributed by atoms with Gasteiger partial charge in [0.15, 0.2) is 0 Å². The van der Waals surface area contributed by atoms with Crippen molar-refractivity contribution in [3.63, 3.8) is 0 Å². The fourth-order valence-corrected chi connectivity index (χ4v) is 11.3. The molecule has 4 atom stereocenters. The summed E-state index contributed by atoms with van der Waals surface area (Å²) in [6.45, 7) is 5.58. The van der Waals surface area contributed by atoms with Gasteiger partial charge in [-0.05, 0) is 99.2 Å². The van der Waals surface area contributed by atoms with E-state index < -0.39 is 24.3 Å². The van der Waals surface area contributed by atoms with Gasteiger partial charge in [0.05, 0.1) is 49.1 Å². The third-order valence-corrected chi connectivity index (χ3v) is 14.7. The van der Waals surface area contributed by atoms with Gasteiger partial charge in [-0.1, -0.05) is 67.4 Å². The largest absolute Gasteiger partial charge is 0.488 e. The summed E-state index contributed by atoms with van der Waals surface area (Å²) < 4.78 is 23.4. The number of alkyl carbamates (subject to hydrolysis) is 2. The van der Waals surface area contributed by atoms with Crippen LogP contribution in [0.2, 0.25) is 0 Å². The normalized spacial score (nSPS) is 18.8. The van der Waals surface area contributed by atoms with E-state index in [4.69, 9.17) is 28.9 Å². The monoisotopic (exact) mass is 958 g/mol. The Kier molecular flexibility index (Phi) is 12.7. The molecule has 4 N–H and O–H groups in total. The van der Waals surface area contributed by atoms with Crippen molar-refractivity contribution >= 4 is 24.0 Å². The Labute approximate surface area is 411 Å². The summed E-state index contributed by atoms with van der Waals surface area (Å²) in [5.41, 5.74) is 9.99. The average Bonchev–Trinajstić information content (AvgIpc) is 4.26. The first-order valence-corrected chi connectivity index (χ1v) is 25.1. The second-order valence-corrected chi connectivity index (χ2v) is 19.0. The third kappa shape index (κ3) is 8.95. The van der Waals surface area contributed by atoms with Crippen molar-refractivity contribution in [1.29, 1.82) is 0 Å². The summed E-state index contributed by atoms with van der Waals surface area (Å²) >= 11 is 0. The van der Waals surface area contributed by atoms with Crippen molar-refractivity contribution in [2.75, 3.05) is 26.3 Å². The molecule has 16 heteroatoms. The number of nitrogens with one attached hydrogen (secondary N) is 4. The highest BCUT2D eigenvalue weighted by molar-refractivity contribution is 5.90. The first-order valence-electron chi connectivity index (χ1n) is 25.1. The summed E-state index contributed by atoms with van der Waals surface area (Å²) in [4.78, 5) is 74.4. The standard InChI is InChI=1S/C55H58N8O8/c1-3-68-54(66)60-48(34-14-6-5-7-15-34)52(64)62-22-10-16-42(62)50-56-28-40(58-50)36-24-38-30-71-45-27-37(25-39-31-70-44(26-36)46(38)47(39)45)41-29-57-51(59-41)43-17-11-23-63(43)53(65)49(61-55(67)69-4-2)35-20-18-33(19-21-35)32-12-8-9-13-32/h5-7,14-15,18-21,24-29,32,42-43,48-49H,3-4,8-13,16-17,22-23,30-31H2,1-2H3,(H,56,58)(H,57,59)(H,60,66)(H,61,67)/t42-,43-,48+,49+/m0/s1. The lowest BCUT2D eigenvalue weighted by molar-refractivity contribution is -0.135. The molecular weight excluding hydrogens is 901 g/mol. The molecule has 71 heavy (non-hydrogen) atoms. The van der Waals surface area contributed by atoms with Crippen LogP contribution in [0.5, 0.6) is 11.5 Å². The number of ether oxygens (including phenoxy) is 4. The predicted molar refractivity (Wildman–Crippen MR) is 263 cm³/mol. The van der Waals surface area contributed by atoms with Gasteiger partial charge in [-0.2, -0.15) is 0 Å². The number of nitrogens with zero attached hydrogens (tertiary/aromatic N) is 4. The highest BCUT2D eigenvalue weighted by atomic mass is 16.6. The zero-order chi connectivity index (χ0) is 48.6. The molecule has 3 fully saturated rings. The number of likely N-dealkylation sites (tertiary alicyclic amines) is 2. The van der Waals surface area contributed by atoms with Crippen molar-refractivity contribution in [2.45, 2.75) is 109 Å². The van der Waals surface area contributed by atoms with Crippen LogP contribution in [-0.2, 0) is 32.3 Å². The maximum absolute atomic E-state index is 14.5. The SMILES string of the molecule is CCOC(=O)N[C@@H](C(=O)N1CCC[C@H]1c1ncc(-c2cc3c4c(c2)OCc2cc(-c5cnc([C@@H]6CCCN6C(=O)[C@H](NC(=O)OCC)c6ccc(C7CCCC7)cc6)[nH]5)cc(c2-4)OC3)[nH]1)c1ccccc1.